The van der Waals surface area contributed by atoms with Crippen molar-refractivity contribution >= 4 is 5.91 Å². The summed E-state index contributed by atoms with van der Waals surface area (Å²) in [4.78, 5) is 15.7. The minimum absolute atomic E-state index is 0.140. The van der Waals surface area contributed by atoms with Gasteiger partial charge in [0.25, 0.3) is 5.91 Å². The molecule has 0 radical (unpaired) electrons. The van der Waals surface area contributed by atoms with Crippen molar-refractivity contribution in [3.8, 4) is 5.75 Å². The maximum atomic E-state index is 11.7. The molecule has 2 rings (SSSR count). The predicted molar refractivity (Wildman–Crippen MR) is 60.7 cm³/mol. The van der Waals surface area contributed by atoms with Crippen LogP contribution >= 0.6 is 0 Å². The van der Waals surface area contributed by atoms with Crippen molar-refractivity contribution in [1.29, 1.82) is 0 Å². The fourth-order valence-corrected chi connectivity index (χ4v) is 1.53. The number of nitrogens with zero attached hydrogens (tertiary/aromatic N) is 1. The Morgan fingerprint density at radius 1 is 1.56 bits per heavy atom. The van der Waals surface area contributed by atoms with Crippen molar-refractivity contribution in [2.45, 2.75) is 32.3 Å². The summed E-state index contributed by atoms with van der Waals surface area (Å²) in [5.74, 6) is 0.567. The second-order valence-corrected chi connectivity index (χ2v) is 3.93. The van der Waals surface area contributed by atoms with Crippen LogP contribution < -0.4 is 10.1 Å². The minimum Gasteiger partial charge on any atom is -0.489 e. The second-order valence-electron chi connectivity index (χ2n) is 3.93. The zero-order valence-electron chi connectivity index (χ0n) is 9.62. The van der Waals surface area contributed by atoms with E-state index in [1.165, 1.54) is 0 Å². The van der Waals surface area contributed by atoms with Gasteiger partial charge in [-0.15, -0.1) is 0 Å². The summed E-state index contributed by atoms with van der Waals surface area (Å²) in [5, 5.41) is 2.61. The molecule has 1 aliphatic carbocycles. The van der Waals surface area contributed by atoms with Crippen molar-refractivity contribution in [3.05, 3.63) is 23.5 Å². The van der Waals surface area contributed by atoms with Crippen LogP contribution in [0.15, 0.2) is 12.4 Å². The van der Waals surface area contributed by atoms with Gasteiger partial charge in [0.05, 0.1) is 11.7 Å². The highest BCUT2D eigenvalue weighted by atomic mass is 16.5. The third-order valence-electron chi connectivity index (χ3n) is 2.63. The van der Waals surface area contributed by atoms with Gasteiger partial charge in [0.15, 0.2) is 0 Å². The van der Waals surface area contributed by atoms with Crippen LogP contribution in [-0.4, -0.2) is 24.0 Å². The van der Waals surface area contributed by atoms with E-state index in [1.54, 1.807) is 19.4 Å². The van der Waals surface area contributed by atoms with Crippen molar-refractivity contribution in [2.75, 3.05) is 7.05 Å². The molecule has 0 aromatic carbocycles. The number of aryl methyl sites for hydroxylation is 1. The van der Waals surface area contributed by atoms with Gasteiger partial charge in [-0.2, -0.15) is 0 Å². The third-order valence-corrected chi connectivity index (χ3v) is 2.63. The largest absolute Gasteiger partial charge is 0.489 e. The first-order chi connectivity index (χ1) is 7.76. The zero-order chi connectivity index (χ0) is 11.5. The summed E-state index contributed by atoms with van der Waals surface area (Å²) in [6.45, 7) is 2.03. The van der Waals surface area contributed by atoms with Gasteiger partial charge in [-0.3, -0.25) is 9.78 Å². The Hall–Kier alpha value is -1.58. The lowest BCUT2D eigenvalue weighted by Crippen LogP contribution is -2.20. The average molecular weight is 220 g/mol. The molecule has 1 aliphatic rings. The molecular formula is C12H16N2O2. The molecule has 0 saturated heterocycles. The maximum Gasteiger partial charge on any atom is 0.256 e. The zero-order valence-corrected chi connectivity index (χ0v) is 9.62. The molecular weight excluding hydrogens is 204 g/mol. The number of amides is 1. The molecule has 1 heterocycles. The first kappa shape index (κ1) is 10.9. The quantitative estimate of drug-likeness (QED) is 0.837. The first-order valence-corrected chi connectivity index (χ1v) is 5.61. The number of hydrogen-bond acceptors (Lipinski definition) is 3. The summed E-state index contributed by atoms with van der Waals surface area (Å²) in [7, 11) is 1.61. The Morgan fingerprint density at radius 2 is 2.31 bits per heavy atom. The van der Waals surface area contributed by atoms with Crippen molar-refractivity contribution in [1.82, 2.24) is 10.3 Å². The SMILES string of the molecule is CCc1cncc(C(=O)NC)c1OC1CC1. The molecule has 0 bridgehead atoms. The maximum absolute atomic E-state index is 11.7. The number of aromatic nitrogens is 1. The molecule has 1 N–H and O–H groups in total. The van der Waals surface area contributed by atoms with E-state index in [2.05, 4.69) is 10.3 Å². The van der Waals surface area contributed by atoms with Crippen LogP contribution in [0.2, 0.25) is 0 Å². The van der Waals surface area contributed by atoms with Gasteiger partial charge in [0, 0.05) is 25.0 Å². The number of carbonyl (C=O) groups excluding carboxylic acids is 1. The Balaban J connectivity index is 2.36. The van der Waals surface area contributed by atoms with Gasteiger partial charge >= 0.3 is 0 Å². The van der Waals surface area contributed by atoms with Crippen LogP contribution in [0.4, 0.5) is 0 Å². The number of pyridine rings is 1. The van der Waals surface area contributed by atoms with Gasteiger partial charge in [-0.05, 0) is 19.3 Å². The molecule has 86 valence electrons. The highest BCUT2D eigenvalue weighted by Crippen LogP contribution is 2.31. The molecule has 4 nitrogen and oxygen atoms in total. The van der Waals surface area contributed by atoms with Crippen LogP contribution in [0, 0.1) is 0 Å². The Labute approximate surface area is 95.0 Å². The van der Waals surface area contributed by atoms with E-state index in [0.717, 1.165) is 24.8 Å². The van der Waals surface area contributed by atoms with E-state index >= 15 is 0 Å². The number of hydrogen-bond donors (Lipinski definition) is 1. The number of carbonyl (C=O) groups is 1. The van der Waals surface area contributed by atoms with E-state index in [9.17, 15) is 4.79 Å². The Kier molecular flexibility index (Phi) is 3.08. The smallest absolute Gasteiger partial charge is 0.256 e. The lowest BCUT2D eigenvalue weighted by Gasteiger charge is -2.13. The van der Waals surface area contributed by atoms with Crippen molar-refractivity contribution in [3.63, 3.8) is 0 Å². The monoisotopic (exact) mass is 220 g/mol. The summed E-state index contributed by atoms with van der Waals surface area (Å²) in [6.07, 6.45) is 6.60. The van der Waals surface area contributed by atoms with E-state index in [-0.39, 0.29) is 12.0 Å². The summed E-state index contributed by atoms with van der Waals surface area (Å²) in [5.41, 5.74) is 1.53. The molecule has 4 heteroatoms. The van der Waals surface area contributed by atoms with E-state index in [1.807, 2.05) is 6.92 Å². The van der Waals surface area contributed by atoms with E-state index in [4.69, 9.17) is 4.74 Å². The average Bonchev–Trinajstić information content (AvgIpc) is 3.12. The minimum atomic E-state index is -0.140. The standard InChI is InChI=1S/C12H16N2O2/c1-3-8-6-14-7-10(12(15)13-2)11(8)16-9-4-5-9/h6-7,9H,3-5H2,1-2H3,(H,13,15). The van der Waals surface area contributed by atoms with Crippen LogP contribution in [0.1, 0.15) is 35.7 Å². The third kappa shape index (κ3) is 2.15. The molecule has 0 aliphatic heterocycles. The van der Waals surface area contributed by atoms with E-state index in [0.29, 0.717) is 11.3 Å². The highest BCUT2D eigenvalue weighted by molar-refractivity contribution is 5.96. The van der Waals surface area contributed by atoms with Crippen LogP contribution in [0.3, 0.4) is 0 Å². The summed E-state index contributed by atoms with van der Waals surface area (Å²) >= 11 is 0. The summed E-state index contributed by atoms with van der Waals surface area (Å²) < 4.78 is 5.80. The second kappa shape index (κ2) is 4.51. The van der Waals surface area contributed by atoms with Gasteiger partial charge in [0.1, 0.15) is 5.75 Å². The van der Waals surface area contributed by atoms with Crippen LogP contribution in [0.25, 0.3) is 0 Å². The fraction of sp³-hybridized carbons (Fsp3) is 0.500. The molecule has 0 spiro atoms. The van der Waals surface area contributed by atoms with Gasteiger partial charge in [0.2, 0.25) is 0 Å². The van der Waals surface area contributed by atoms with Crippen molar-refractivity contribution < 1.29 is 9.53 Å². The number of rotatable bonds is 4. The molecule has 1 fully saturated rings. The molecule has 1 amide bonds. The van der Waals surface area contributed by atoms with Gasteiger partial charge < -0.3 is 10.1 Å². The predicted octanol–water partition coefficient (Wildman–Crippen LogP) is 1.54. The number of nitrogens with one attached hydrogen (secondary N) is 1. The lowest BCUT2D eigenvalue weighted by atomic mass is 10.1. The fourth-order valence-electron chi connectivity index (χ4n) is 1.53. The van der Waals surface area contributed by atoms with E-state index < -0.39 is 0 Å². The topological polar surface area (TPSA) is 51.2 Å². The first-order valence-electron chi connectivity index (χ1n) is 5.61. The molecule has 0 unspecified atom stereocenters. The Bertz CT molecular complexity index is 400. The van der Waals surface area contributed by atoms with Gasteiger partial charge in [-0.1, -0.05) is 6.92 Å². The molecule has 1 saturated carbocycles. The molecule has 1 aromatic heterocycles. The van der Waals surface area contributed by atoms with Crippen LogP contribution in [0.5, 0.6) is 5.75 Å². The Morgan fingerprint density at radius 3 is 2.88 bits per heavy atom. The van der Waals surface area contributed by atoms with Crippen LogP contribution in [-0.2, 0) is 6.42 Å². The lowest BCUT2D eigenvalue weighted by molar-refractivity contribution is 0.0958. The van der Waals surface area contributed by atoms with Crippen molar-refractivity contribution in [2.24, 2.45) is 0 Å². The molecule has 0 atom stereocenters. The number of ether oxygens (including phenoxy) is 1. The molecule has 1 aromatic rings. The summed E-state index contributed by atoms with van der Waals surface area (Å²) in [6, 6.07) is 0. The normalized spacial score (nSPS) is 14.6. The van der Waals surface area contributed by atoms with Gasteiger partial charge in [-0.25, -0.2) is 0 Å². The molecule has 16 heavy (non-hydrogen) atoms. The highest BCUT2D eigenvalue weighted by Gasteiger charge is 2.27.